The van der Waals surface area contributed by atoms with Crippen LogP contribution in [0, 0.1) is 3.57 Å². The smallest absolute Gasteiger partial charge is 0.347 e. The van der Waals surface area contributed by atoms with Crippen molar-refractivity contribution in [3.8, 4) is 0 Å². The Labute approximate surface area is 99.2 Å². The van der Waals surface area contributed by atoms with Crippen molar-refractivity contribution in [2.24, 2.45) is 0 Å². The molecule has 1 heterocycles. The maximum atomic E-state index is 11.4. The van der Waals surface area contributed by atoms with Crippen LogP contribution in [0.2, 0.25) is 0 Å². The molecule has 0 bridgehead atoms. The minimum absolute atomic E-state index is 0.101. The number of hydrogen-bond acceptors (Lipinski definition) is 3. The molecule has 3 nitrogen and oxygen atoms in total. The largest absolute Gasteiger partial charge is 0.422 e. The molecule has 0 spiro atoms. The molecule has 0 aliphatic rings. The maximum Gasteiger partial charge on any atom is 0.347 e. The van der Waals surface area contributed by atoms with Crippen molar-refractivity contribution < 1.29 is 9.21 Å². The van der Waals surface area contributed by atoms with E-state index in [1.54, 1.807) is 12.1 Å². The Morgan fingerprint density at radius 2 is 2.07 bits per heavy atom. The molecular weight excluding hydrogens is 307 g/mol. The number of rotatable bonds is 1. The number of hydrogen-bond donors (Lipinski definition) is 0. The van der Waals surface area contributed by atoms with Crippen LogP contribution in [0.3, 0.4) is 0 Å². The average molecular weight is 314 g/mol. The van der Waals surface area contributed by atoms with E-state index in [1.165, 1.54) is 6.92 Å². The van der Waals surface area contributed by atoms with E-state index in [0.717, 1.165) is 8.96 Å². The maximum absolute atomic E-state index is 11.4. The van der Waals surface area contributed by atoms with E-state index in [1.807, 2.05) is 12.1 Å². The van der Waals surface area contributed by atoms with E-state index in [-0.39, 0.29) is 11.3 Å². The van der Waals surface area contributed by atoms with E-state index < -0.39 is 5.63 Å². The van der Waals surface area contributed by atoms with Gasteiger partial charge in [-0.05, 0) is 53.8 Å². The third-order valence-electron chi connectivity index (χ3n) is 2.07. The predicted octanol–water partition coefficient (Wildman–Crippen LogP) is 2.60. The zero-order valence-corrected chi connectivity index (χ0v) is 10.1. The van der Waals surface area contributed by atoms with Crippen LogP contribution in [0.1, 0.15) is 17.3 Å². The fourth-order valence-corrected chi connectivity index (χ4v) is 1.85. The van der Waals surface area contributed by atoms with Gasteiger partial charge in [-0.15, -0.1) is 0 Å². The first-order chi connectivity index (χ1) is 7.08. The molecule has 76 valence electrons. The Hall–Kier alpha value is -1.17. The molecule has 0 atom stereocenters. The van der Waals surface area contributed by atoms with E-state index in [0.29, 0.717) is 5.58 Å². The van der Waals surface area contributed by atoms with Gasteiger partial charge in [0.05, 0.1) is 0 Å². The molecule has 0 N–H and O–H groups in total. The van der Waals surface area contributed by atoms with Gasteiger partial charge in [-0.25, -0.2) is 4.79 Å². The number of Topliss-reactive ketones (excluding diaryl/α,β-unsaturated/α-hetero) is 1. The topological polar surface area (TPSA) is 47.3 Å². The molecule has 0 fully saturated rings. The molecule has 0 saturated heterocycles. The van der Waals surface area contributed by atoms with E-state index in [2.05, 4.69) is 22.6 Å². The first kappa shape index (κ1) is 10.4. The highest BCUT2D eigenvalue weighted by molar-refractivity contribution is 14.1. The summed E-state index contributed by atoms with van der Waals surface area (Å²) < 4.78 is 6.06. The van der Waals surface area contributed by atoms with Crippen molar-refractivity contribution in [2.75, 3.05) is 0 Å². The van der Waals surface area contributed by atoms with E-state index >= 15 is 0 Å². The second-order valence-corrected chi connectivity index (χ2v) is 4.43. The fraction of sp³-hybridized carbons (Fsp3) is 0.0909. The molecular formula is C11H7IO3. The van der Waals surface area contributed by atoms with Gasteiger partial charge in [0.15, 0.2) is 5.78 Å². The van der Waals surface area contributed by atoms with Gasteiger partial charge in [-0.1, -0.05) is 0 Å². The minimum Gasteiger partial charge on any atom is -0.422 e. The van der Waals surface area contributed by atoms with Crippen LogP contribution in [0.5, 0.6) is 0 Å². The van der Waals surface area contributed by atoms with Crippen LogP contribution in [0.4, 0.5) is 0 Å². The summed E-state index contributed by atoms with van der Waals surface area (Å²) in [4.78, 5) is 22.5. The van der Waals surface area contributed by atoms with Gasteiger partial charge in [0.25, 0.3) is 0 Å². The molecule has 2 rings (SSSR count). The molecule has 0 aliphatic heterocycles. The van der Waals surface area contributed by atoms with Crippen molar-refractivity contribution >= 4 is 39.3 Å². The minimum atomic E-state index is -0.573. The van der Waals surface area contributed by atoms with Crippen LogP contribution in [0.15, 0.2) is 33.5 Å². The quantitative estimate of drug-likeness (QED) is 0.462. The molecule has 4 heteroatoms. The second kappa shape index (κ2) is 3.77. The summed E-state index contributed by atoms with van der Waals surface area (Å²) in [5.41, 5.74) is 0.0334. The molecule has 0 saturated carbocycles. The van der Waals surface area contributed by atoms with Crippen molar-refractivity contribution in [2.45, 2.75) is 6.92 Å². The van der Waals surface area contributed by atoms with Crippen LogP contribution >= 0.6 is 22.6 Å². The van der Waals surface area contributed by atoms with Gasteiger partial charge >= 0.3 is 5.63 Å². The van der Waals surface area contributed by atoms with Crippen molar-refractivity contribution in [3.63, 3.8) is 0 Å². The van der Waals surface area contributed by atoms with E-state index in [4.69, 9.17) is 4.42 Å². The van der Waals surface area contributed by atoms with Crippen LogP contribution in [-0.4, -0.2) is 5.78 Å². The van der Waals surface area contributed by atoms with Gasteiger partial charge in [-0.3, -0.25) is 4.79 Å². The predicted molar refractivity (Wildman–Crippen MR) is 65.2 cm³/mol. The van der Waals surface area contributed by atoms with E-state index in [9.17, 15) is 9.59 Å². The summed E-state index contributed by atoms with van der Waals surface area (Å²) in [6.07, 6.45) is 0. The lowest BCUT2D eigenvalue weighted by atomic mass is 10.1. The monoisotopic (exact) mass is 314 g/mol. The van der Waals surface area contributed by atoms with Crippen LogP contribution < -0.4 is 5.63 Å². The Bertz CT molecular complexity index is 598. The number of halogens is 1. The Morgan fingerprint density at radius 3 is 2.73 bits per heavy atom. The number of carbonyl (C=O) groups excluding carboxylic acids is 1. The summed E-state index contributed by atoms with van der Waals surface area (Å²) in [6.45, 7) is 1.35. The third kappa shape index (κ3) is 1.94. The van der Waals surface area contributed by atoms with Gasteiger partial charge in [0.2, 0.25) is 0 Å². The zero-order chi connectivity index (χ0) is 11.0. The SMILES string of the molecule is CC(=O)c1cc2cc(I)ccc2oc1=O. The van der Waals surface area contributed by atoms with Gasteiger partial charge in [0, 0.05) is 8.96 Å². The molecule has 2 aromatic rings. The highest BCUT2D eigenvalue weighted by Crippen LogP contribution is 2.16. The first-order valence-electron chi connectivity index (χ1n) is 4.32. The summed E-state index contributed by atoms with van der Waals surface area (Å²) in [6, 6.07) is 7.01. The Kier molecular flexibility index (Phi) is 2.60. The third-order valence-corrected chi connectivity index (χ3v) is 2.74. The molecule has 0 aliphatic carbocycles. The molecule has 1 aromatic heterocycles. The molecule has 1 aromatic carbocycles. The Balaban J connectivity index is 2.83. The fourth-order valence-electron chi connectivity index (χ4n) is 1.34. The van der Waals surface area contributed by atoms with Crippen molar-refractivity contribution in [1.82, 2.24) is 0 Å². The first-order valence-corrected chi connectivity index (χ1v) is 5.40. The van der Waals surface area contributed by atoms with Gasteiger partial charge in [-0.2, -0.15) is 0 Å². The molecule has 0 unspecified atom stereocenters. The van der Waals surface area contributed by atoms with Gasteiger partial charge in [0.1, 0.15) is 11.1 Å². The van der Waals surface area contributed by atoms with Crippen molar-refractivity contribution in [3.05, 3.63) is 43.8 Å². The summed E-state index contributed by atoms with van der Waals surface area (Å²) in [7, 11) is 0. The standard InChI is InChI=1S/C11H7IO3/c1-6(13)9-5-7-4-8(12)2-3-10(7)15-11(9)14/h2-5H,1H3. The van der Waals surface area contributed by atoms with Crippen LogP contribution in [-0.2, 0) is 0 Å². The lowest BCUT2D eigenvalue weighted by Gasteiger charge is -1.99. The average Bonchev–Trinajstić information content (AvgIpc) is 2.17. The molecule has 0 radical (unpaired) electrons. The number of benzene rings is 1. The second-order valence-electron chi connectivity index (χ2n) is 3.19. The lowest BCUT2D eigenvalue weighted by Crippen LogP contribution is -2.10. The van der Waals surface area contributed by atoms with Gasteiger partial charge < -0.3 is 4.42 Å². The summed E-state index contributed by atoms with van der Waals surface area (Å²) in [5.74, 6) is -0.274. The summed E-state index contributed by atoms with van der Waals surface area (Å²) in [5, 5.41) is 0.770. The number of carbonyl (C=O) groups is 1. The molecule has 0 amide bonds. The lowest BCUT2D eigenvalue weighted by molar-refractivity contribution is 0.101. The Morgan fingerprint density at radius 1 is 1.33 bits per heavy atom. The normalized spacial score (nSPS) is 10.5. The highest BCUT2D eigenvalue weighted by Gasteiger charge is 2.09. The highest BCUT2D eigenvalue weighted by atomic mass is 127. The number of fused-ring (bicyclic) bond motifs is 1. The van der Waals surface area contributed by atoms with Crippen molar-refractivity contribution in [1.29, 1.82) is 0 Å². The van der Waals surface area contributed by atoms with Crippen LogP contribution in [0.25, 0.3) is 11.0 Å². The molecule has 15 heavy (non-hydrogen) atoms. The number of ketones is 1. The zero-order valence-electron chi connectivity index (χ0n) is 7.91. The summed E-state index contributed by atoms with van der Waals surface area (Å²) >= 11 is 2.16.